The van der Waals surface area contributed by atoms with Crippen molar-refractivity contribution in [2.45, 2.75) is 12.8 Å². The molecule has 14 heavy (non-hydrogen) atoms. The summed E-state index contributed by atoms with van der Waals surface area (Å²) >= 11 is 0. The van der Waals surface area contributed by atoms with Crippen LogP contribution < -0.4 is 17.2 Å². The van der Waals surface area contributed by atoms with Gasteiger partial charge in [0.2, 0.25) is 0 Å². The summed E-state index contributed by atoms with van der Waals surface area (Å²) in [5, 5.41) is 0. The number of nitrogens with two attached hydrogens (primary N) is 3. The van der Waals surface area contributed by atoms with E-state index in [-0.39, 0.29) is 0 Å². The first-order valence-corrected chi connectivity index (χ1v) is 5.01. The third-order valence-electron chi connectivity index (χ3n) is 1.93. The van der Waals surface area contributed by atoms with Gasteiger partial charge in [-0.25, -0.2) is 0 Å². The van der Waals surface area contributed by atoms with Crippen LogP contribution in [0.2, 0.25) is 0 Å². The van der Waals surface area contributed by atoms with Crippen molar-refractivity contribution in [2.24, 2.45) is 17.2 Å². The minimum absolute atomic E-state index is 0.757. The van der Waals surface area contributed by atoms with Gasteiger partial charge in [-0.1, -0.05) is 12.2 Å². The summed E-state index contributed by atoms with van der Waals surface area (Å²) in [7, 11) is 0. The summed E-state index contributed by atoms with van der Waals surface area (Å²) in [4.78, 5) is 2.27. The predicted molar refractivity (Wildman–Crippen MR) is 61.4 cm³/mol. The van der Waals surface area contributed by atoms with E-state index in [9.17, 15) is 0 Å². The maximum Gasteiger partial charge on any atom is 0.0183 e. The molecule has 6 N–H and O–H groups in total. The normalized spacial score (nSPS) is 12.1. The molecule has 0 aliphatic rings. The second-order valence-electron chi connectivity index (χ2n) is 3.11. The van der Waals surface area contributed by atoms with Crippen molar-refractivity contribution in [3.63, 3.8) is 0 Å². The highest BCUT2D eigenvalue weighted by Gasteiger charge is 1.99. The fourth-order valence-corrected chi connectivity index (χ4v) is 1.16. The van der Waals surface area contributed by atoms with Gasteiger partial charge in [0.15, 0.2) is 0 Å². The van der Waals surface area contributed by atoms with Gasteiger partial charge in [0.1, 0.15) is 0 Å². The molecule has 0 aromatic carbocycles. The van der Waals surface area contributed by atoms with Gasteiger partial charge in [-0.15, -0.1) is 0 Å². The van der Waals surface area contributed by atoms with Crippen LogP contribution in [-0.4, -0.2) is 31.1 Å². The molecule has 0 aliphatic carbocycles. The molecule has 0 saturated heterocycles. The van der Waals surface area contributed by atoms with E-state index in [2.05, 4.69) is 4.90 Å². The van der Waals surface area contributed by atoms with Crippen LogP contribution in [0.3, 0.4) is 0 Å². The zero-order chi connectivity index (χ0) is 10.6. The smallest absolute Gasteiger partial charge is 0.0183 e. The summed E-state index contributed by atoms with van der Waals surface area (Å²) in [6, 6.07) is 0. The average molecular weight is 198 g/mol. The maximum atomic E-state index is 5.43. The minimum atomic E-state index is 0.757. The van der Waals surface area contributed by atoms with Crippen molar-refractivity contribution in [3.05, 3.63) is 24.6 Å². The van der Waals surface area contributed by atoms with Gasteiger partial charge >= 0.3 is 0 Å². The lowest BCUT2D eigenvalue weighted by atomic mass is 10.3. The van der Waals surface area contributed by atoms with E-state index in [4.69, 9.17) is 17.2 Å². The Balaban J connectivity index is 3.71. The van der Waals surface area contributed by atoms with Crippen molar-refractivity contribution >= 4 is 0 Å². The molecule has 0 spiro atoms. The van der Waals surface area contributed by atoms with Crippen LogP contribution in [0.4, 0.5) is 0 Å². The van der Waals surface area contributed by atoms with Crippen LogP contribution >= 0.6 is 0 Å². The SMILES string of the molecule is NC=CCN(CC=CN)CCCCN. The maximum absolute atomic E-state index is 5.43. The molecular formula is C10H22N4. The van der Waals surface area contributed by atoms with E-state index in [0.717, 1.165) is 39.0 Å². The van der Waals surface area contributed by atoms with Crippen LogP contribution in [0.5, 0.6) is 0 Å². The lowest BCUT2D eigenvalue weighted by Crippen LogP contribution is -2.26. The number of hydrogen-bond acceptors (Lipinski definition) is 4. The quantitative estimate of drug-likeness (QED) is 0.478. The summed E-state index contributed by atoms with van der Waals surface area (Å²) in [6.45, 7) is 3.52. The summed E-state index contributed by atoms with van der Waals surface area (Å²) < 4.78 is 0. The molecule has 0 unspecified atom stereocenters. The fraction of sp³-hybridized carbons (Fsp3) is 0.600. The first-order chi connectivity index (χ1) is 6.85. The number of rotatable bonds is 8. The molecule has 4 nitrogen and oxygen atoms in total. The molecule has 0 fully saturated rings. The van der Waals surface area contributed by atoms with Gasteiger partial charge in [0.25, 0.3) is 0 Å². The first kappa shape index (κ1) is 13.0. The van der Waals surface area contributed by atoms with Gasteiger partial charge in [-0.3, -0.25) is 4.90 Å². The highest BCUT2D eigenvalue weighted by molar-refractivity contribution is 4.85. The van der Waals surface area contributed by atoms with Gasteiger partial charge in [0.05, 0.1) is 0 Å². The molecule has 0 heterocycles. The highest BCUT2D eigenvalue weighted by atomic mass is 15.1. The molecule has 4 heteroatoms. The third kappa shape index (κ3) is 7.64. The Labute approximate surface area is 86.4 Å². The van der Waals surface area contributed by atoms with Crippen LogP contribution in [0.15, 0.2) is 24.6 Å². The summed E-state index contributed by atoms with van der Waals surface area (Å²) in [6.07, 6.45) is 9.20. The van der Waals surface area contributed by atoms with Crippen LogP contribution in [0.1, 0.15) is 12.8 Å². The van der Waals surface area contributed by atoms with E-state index >= 15 is 0 Å². The van der Waals surface area contributed by atoms with Gasteiger partial charge < -0.3 is 17.2 Å². The Hall–Kier alpha value is -1.00. The Bertz CT molecular complexity index is 152. The molecule has 0 radical (unpaired) electrons. The molecule has 0 atom stereocenters. The van der Waals surface area contributed by atoms with E-state index in [1.165, 1.54) is 0 Å². The van der Waals surface area contributed by atoms with Gasteiger partial charge in [-0.05, 0) is 38.3 Å². The monoisotopic (exact) mass is 198 g/mol. The molecule has 0 bridgehead atoms. The molecule has 0 rings (SSSR count). The predicted octanol–water partition coefficient (Wildman–Crippen LogP) is -0.0279. The number of nitrogens with zero attached hydrogens (tertiary/aromatic N) is 1. The van der Waals surface area contributed by atoms with Crippen molar-refractivity contribution < 1.29 is 0 Å². The van der Waals surface area contributed by atoms with Crippen molar-refractivity contribution in [1.29, 1.82) is 0 Å². The highest BCUT2D eigenvalue weighted by Crippen LogP contribution is 1.95. The van der Waals surface area contributed by atoms with Gasteiger partial charge in [-0.2, -0.15) is 0 Å². The van der Waals surface area contributed by atoms with E-state index in [1.807, 2.05) is 12.2 Å². The molecule has 0 aromatic heterocycles. The van der Waals surface area contributed by atoms with Crippen molar-refractivity contribution in [1.82, 2.24) is 4.90 Å². The van der Waals surface area contributed by atoms with Crippen LogP contribution in [-0.2, 0) is 0 Å². The Morgan fingerprint density at radius 3 is 1.93 bits per heavy atom. The molecule has 0 aromatic rings. The Morgan fingerprint density at radius 1 is 0.929 bits per heavy atom. The second kappa shape index (κ2) is 10.1. The molecule has 0 saturated carbocycles. The first-order valence-electron chi connectivity index (χ1n) is 5.01. The van der Waals surface area contributed by atoms with Crippen LogP contribution in [0, 0.1) is 0 Å². The van der Waals surface area contributed by atoms with Crippen LogP contribution in [0.25, 0.3) is 0 Å². The molecule has 82 valence electrons. The lowest BCUT2D eigenvalue weighted by Gasteiger charge is -2.18. The van der Waals surface area contributed by atoms with E-state index in [0.29, 0.717) is 0 Å². The molecule has 0 aliphatic heterocycles. The number of hydrogen-bond donors (Lipinski definition) is 3. The van der Waals surface area contributed by atoms with E-state index in [1.54, 1.807) is 12.4 Å². The standard InChI is InChI=1S/C10H22N4/c11-5-1-2-8-14(9-3-6-12)10-4-7-13/h3-4,6-7H,1-2,5,8-13H2. The molecule has 0 amide bonds. The Kier molecular flexibility index (Phi) is 9.36. The van der Waals surface area contributed by atoms with E-state index < -0.39 is 0 Å². The summed E-state index contributed by atoms with van der Waals surface area (Å²) in [5.74, 6) is 0. The topological polar surface area (TPSA) is 81.3 Å². The third-order valence-corrected chi connectivity index (χ3v) is 1.93. The van der Waals surface area contributed by atoms with Crippen molar-refractivity contribution in [2.75, 3.05) is 26.2 Å². The number of unbranched alkanes of at least 4 members (excludes halogenated alkanes) is 1. The fourth-order valence-electron chi connectivity index (χ4n) is 1.16. The Morgan fingerprint density at radius 2 is 1.50 bits per heavy atom. The zero-order valence-electron chi connectivity index (χ0n) is 8.73. The van der Waals surface area contributed by atoms with Gasteiger partial charge in [0, 0.05) is 13.1 Å². The van der Waals surface area contributed by atoms with Crippen molar-refractivity contribution in [3.8, 4) is 0 Å². The summed E-state index contributed by atoms with van der Waals surface area (Å²) in [5.41, 5.74) is 16.0. The lowest BCUT2D eigenvalue weighted by molar-refractivity contribution is 0.327. The molecular weight excluding hydrogens is 176 g/mol. The average Bonchev–Trinajstić information content (AvgIpc) is 2.21. The largest absolute Gasteiger partial charge is 0.405 e. The zero-order valence-corrected chi connectivity index (χ0v) is 8.73. The minimum Gasteiger partial charge on any atom is -0.405 e. The second-order valence-corrected chi connectivity index (χ2v) is 3.11.